The molecule has 3 N–H and O–H groups in total. The van der Waals surface area contributed by atoms with Crippen molar-refractivity contribution in [1.29, 1.82) is 0 Å². The van der Waals surface area contributed by atoms with E-state index in [2.05, 4.69) is 40.0 Å². The highest BCUT2D eigenvalue weighted by Crippen LogP contribution is 2.23. The predicted octanol–water partition coefficient (Wildman–Crippen LogP) is 2.69. The summed E-state index contributed by atoms with van der Waals surface area (Å²) in [5.41, 5.74) is 3.28. The Hall–Kier alpha value is -0.0800. The smallest absolute Gasteiger partial charge is 0.0215 e. The molecule has 2 nitrogen and oxygen atoms in total. The summed E-state index contributed by atoms with van der Waals surface area (Å²) in [6, 6.07) is 0.474. The molecular weight excluding hydrogens is 160 g/mol. The fraction of sp³-hybridized carbons (Fsp3) is 1.00. The molecule has 0 aromatic rings. The van der Waals surface area contributed by atoms with E-state index in [-0.39, 0.29) is 0 Å². The number of hydrazine groups is 1. The standard InChI is InChI=1S/C11H26N2/c1-9(2)6-7-10(13-12)8-11(3,4)5/h9-10,13H,6-8,12H2,1-5H3. The van der Waals surface area contributed by atoms with E-state index in [0.717, 1.165) is 12.3 Å². The van der Waals surface area contributed by atoms with Crippen LogP contribution in [0.2, 0.25) is 0 Å². The Labute approximate surface area is 83.2 Å². The molecule has 0 amide bonds. The van der Waals surface area contributed by atoms with Crippen LogP contribution in [0.5, 0.6) is 0 Å². The third-order valence-corrected chi connectivity index (χ3v) is 2.19. The third kappa shape index (κ3) is 8.26. The van der Waals surface area contributed by atoms with Gasteiger partial charge in [0, 0.05) is 6.04 Å². The molecule has 0 aromatic heterocycles. The van der Waals surface area contributed by atoms with Crippen LogP contribution in [-0.2, 0) is 0 Å². The Kier molecular flexibility index (Phi) is 5.57. The summed E-state index contributed by atoms with van der Waals surface area (Å²) in [5.74, 6) is 6.29. The van der Waals surface area contributed by atoms with Crippen molar-refractivity contribution in [1.82, 2.24) is 5.43 Å². The molecule has 0 radical (unpaired) electrons. The highest BCUT2D eigenvalue weighted by molar-refractivity contribution is 4.73. The largest absolute Gasteiger partial charge is 0.271 e. The first kappa shape index (κ1) is 12.9. The highest BCUT2D eigenvalue weighted by Gasteiger charge is 2.17. The average Bonchev–Trinajstić information content (AvgIpc) is 1.95. The van der Waals surface area contributed by atoms with Crippen molar-refractivity contribution in [2.75, 3.05) is 0 Å². The van der Waals surface area contributed by atoms with Crippen LogP contribution in [0.1, 0.15) is 53.9 Å². The van der Waals surface area contributed by atoms with Gasteiger partial charge in [0.2, 0.25) is 0 Å². The normalized spacial score (nSPS) is 15.0. The van der Waals surface area contributed by atoms with Crippen molar-refractivity contribution in [2.45, 2.75) is 59.9 Å². The molecule has 80 valence electrons. The molecule has 0 spiro atoms. The van der Waals surface area contributed by atoms with Crippen molar-refractivity contribution >= 4 is 0 Å². The second-order valence-electron chi connectivity index (χ2n) is 5.60. The fourth-order valence-corrected chi connectivity index (χ4v) is 1.52. The second kappa shape index (κ2) is 5.61. The quantitative estimate of drug-likeness (QED) is 0.512. The van der Waals surface area contributed by atoms with Crippen molar-refractivity contribution in [3.8, 4) is 0 Å². The fourth-order valence-electron chi connectivity index (χ4n) is 1.52. The Morgan fingerprint density at radius 1 is 1.15 bits per heavy atom. The zero-order valence-electron chi connectivity index (χ0n) is 9.85. The van der Waals surface area contributed by atoms with Gasteiger partial charge in [-0.25, -0.2) is 0 Å². The molecule has 0 heterocycles. The van der Waals surface area contributed by atoms with Gasteiger partial charge in [-0.05, 0) is 30.6 Å². The number of hydrogen-bond donors (Lipinski definition) is 2. The molecule has 1 unspecified atom stereocenters. The van der Waals surface area contributed by atoms with Crippen LogP contribution in [0.25, 0.3) is 0 Å². The first-order valence-electron chi connectivity index (χ1n) is 5.31. The molecule has 0 fully saturated rings. The molecule has 0 aliphatic heterocycles. The van der Waals surface area contributed by atoms with Crippen LogP contribution in [-0.4, -0.2) is 6.04 Å². The Bertz CT molecular complexity index is 125. The predicted molar refractivity (Wildman–Crippen MR) is 59.3 cm³/mol. The molecule has 0 saturated carbocycles. The van der Waals surface area contributed by atoms with E-state index < -0.39 is 0 Å². The van der Waals surface area contributed by atoms with Gasteiger partial charge in [0.1, 0.15) is 0 Å². The minimum absolute atomic E-state index is 0.369. The second-order valence-corrected chi connectivity index (χ2v) is 5.60. The minimum Gasteiger partial charge on any atom is -0.271 e. The van der Waals surface area contributed by atoms with Gasteiger partial charge in [0.05, 0.1) is 0 Å². The number of nitrogens with two attached hydrogens (primary N) is 1. The monoisotopic (exact) mass is 186 g/mol. The SMILES string of the molecule is CC(C)CCC(CC(C)(C)C)NN. The molecule has 0 aliphatic rings. The molecule has 0 bridgehead atoms. The lowest BCUT2D eigenvalue weighted by atomic mass is 9.86. The zero-order valence-corrected chi connectivity index (χ0v) is 9.85. The zero-order chi connectivity index (χ0) is 10.5. The van der Waals surface area contributed by atoms with Gasteiger partial charge in [-0.2, -0.15) is 0 Å². The van der Waals surface area contributed by atoms with Gasteiger partial charge in [-0.15, -0.1) is 0 Å². The maximum atomic E-state index is 5.52. The lowest BCUT2D eigenvalue weighted by molar-refractivity contribution is 0.290. The molecular formula is C11H26N2. The van der Waals surface area contributed by atoms with E-state index in [1.807, 2.05) is 0 Å². The average molecular weight is 186 g/mol. The van der Waals surface area contributed by atoms with Crippen molar-refractivity contribution in [2.24, 2.45) is 17.2 Å². The van der Waals surface area contributed by atoms with Gasteiger partial charge >= 0.3 is 0 Å². The lowest BCUT2D eigenvalue weighted by Crippen LogP contribution is -2.38. The first-order chi connectivity index (χ1) is 5.85. The maximum Gasteiger partial charge on any atom is 0.0215 e. The summed E-state index contributed by atoms with van der Waals surface area (Å²) in [4.78, 5) is 0. The Morgan fingerprint density at radius 3 is 2.00 bits per heavy atom. The summed E-state index contributed by atoms with van der Waals surface area (Å²) in [6.45, 7) is 11.3. The highest BCUT2D eigenvalue weighted by atomic mass is 15.2. The lowest BCUT2D eigenvalue weighted by Gasteiger charge is -2.25. The van der Waals surface area contributed by atoms with E-state index in [0.29, 0.717) is 11.5 Å². The summed E-state index contributed by atoms with van der Waals surface area (Å²) >= 11 is 0. The van der Waals surface area contributed by atoms with E-state index in [1.165, 1.54) is 12.8 Å². The van der Waals surface area contributed by atoms with Gasteiger partial charge < -0.3 is 0 Å². The van der Waals surface area contributed by atoms with Crippen molar-refractivity contribution in [3.63, 3.8) is 0 Å². The summed E-state index contributed by atoms with van der Waals surface area (Å²) in [5, 5.41) is 0. The van der Waals surface area contributed by atoms with Crippen molar-refractivity contribution in [3.05, 3.63) is 0 Å². The number of hydrogen-bond acceptors (Lipinski definition) is 2. The van der Waals surface area contributed by atoms with E-state index in [9.17, 15) is 0 Å². The molecule has 0 aliphatic carbocycles. The Balaban J connectivity index is 3.76. The third-order valence-electron chi connectivity index (χ3n) is 2.19. The van der Waals surface area contributed by atoms with Gasteiger partial charge in [0.15, 0.2) is 0 Å². The van der Waals surface area contributed by atoms with E-state index in [4.69, 9.17) is 5.84 Å². The van der Waals surface area contributed by atoms with Crippen molar-refractivity contribution < 1.29 is 0 Å². The van der Waals surface area contributed by atoms with Gasteiger partial charge in [-0.3, -0.25) is 11.3 Å². The summed E-state index contributed by atoms with van der Waals surface area (Å²) in [6.07, 6.45) is 3.59. The molecule has 0 rings (SSSR count). The van der Waals surface area contributed by atoms with E-state index >= 15 is 0 Å². The first-order valence-corrected chi connectivity index (χ1v) is 5.31. The van der Waals surface area contributed by atoms with E-state index in [1.54, 1.807) is 0 Å². The number of nitrogens with one attached hydrogen (secondary N) is 1. The van der Waals surface area contributed by atoms with Crippen LogP contribution in [0.4, 0.5) is 0 Å². The van der Waals surface area contributed by atoms with Crippen LogP contribution >= 0.6 is 0 Å². The van der Waals surface area contributed by atoms with Crippen LogP contribution in [0.3, 0.4) is 0 Å². The topological polar surface area (TPSA) is 38.0 Å². The summed E-state index contributed by atoms with van der Waals surface area (Å²) < 4.78 is 0. The molecule has 1 atom stereocenters. The minimum atomic E-state index is 0.369. The van der Waals surface area contributed by atoms with Crippen LogP contribution in [0.15, 0.2) is 0 Å². The van der Waals surface area contributed by atoms with Crippen LogP contribution < -0.4 is 11.3 Å². The summed E-state index contributed by atoms with van der Waals surface area (Å²) in [7, 11) is 0. The molecule has 2 heteroatoms. The number of rotatable bonds is 5. The Morgan fingerprint density at radius 2 is 1.69 bits per heavy atom. The molecule has 0 saturated heterocycles. The molecule has 0 aromatic carbocycles. The van der Waals surface area contributed by atoms with Gasteiger partial charge in [0.25, 0.3) is 0 Å². The van der Waals surface area contributed by atoms with Crippen LogP contribution in [0, 0.1) is 11.3 Å². The van der Waals surface area contributed by atoms with Gasteiger partial charge in [-0.1, -0.05) is 34.6 Å². The maximum absolute atomic E-state index is 5.52. The molecule has 13 heavy (non-hydrogen) atoms.